The van der Waals surface area contributed by atoms with Gasteiger partial charge in [-0.15, -0.1) is 0 Å². The summed E-state index contributed by atoms with van der Waals surface area (Å²) in [5, 5.41) is 0. The summed E-state index contributed by atoms with van der Waals surface area (Å²) in [5.74, 6) is 0. The van der Waals surface area contributed by atoms with Crippen molar-refractivity contribution < 1.29 is 0 Å². The van der Waals surface area contributed by atoms with Gasteiger partial charge in [-0.3, -0.25) is 4.90 Å². The van der Waals surface area contributed by atoms with E-state index in [4.69, 9.17) is 0 Å². The minimum Gasteiger partial charge on any atom is -0.302 e. The molecule has 1 aliphatic rings. The van der Waals surface area contributed by atoms with Crippen LogP contribution >= 0.6 is 0 Å². The van der Waals surface area contributed by atoms with Crippen LogP contribution in [0.25, 0.3) is 0 Å². The highest BCUT2D eigenvalue weighted by atomic mass is 15.3. The third kappa shape index (κ3) is 2.68. The van der Waals surface area contributed by atoms with E-state index in [1.54, 1.807) is 0 Å². The van der Waals surface area contributed by atoms with Crippen LogP contribution in [0.4, 0.5) is 0 Å². The second kappa shape index (κ2) is 4.43. The zero-order valence-corrected chi connectivity index (χ0v) is 9.75. The van der Waals surface area contributed by atoms with Gasteiger partial charge in [-0.1, -0.05) is 0 Å². The lowest BCUT2D eigenvalue weighted by Crippen LogP contribution is -2.56. The fourth-order valence-electron chi connectivity index (χ4n) is 1.88. The molecule has 1 saturated heterocycles. The van der Waals surface area contributed by atoms with Gasteiger partial charge in [0.05, 0.1) is 0 Å². The first-order valence-electron chi connectivity index (χ1n) is 5.48. The van der Waals surface area contributed by atoms with E-state index >= 15 is 0 Å². The summed E-state index contributed by atoms with van der Waals surface area (Å²) in [6.45, 7) is 11.6. The Kier molecular flexibility index (Phi) is 3.74. The molecule has 1 rings (SSSR count). The molecule has 0 aliphatic carbocycles. The molecule has 0 amide bonds. The Balaban J connectivity index is 2.30. The van der Waals surface area contributed by atoms with E-state index in [1.807, 2.05) is 0 Å². The van der Waals surface area contributed by atoms with Gasteiger partial charge in [0.2, 0.25) is 0 Å². The van der Waals surface area contributed by atoms with Crippen molar-refractivity contribution in [2.45, 2.75) is 52.2 Å². The molecule has 1 unspecified atom stereocenters. The van der Waals surface area contributed by atoms with Crippen LogP contribution in [-0.4, -0.2) is 48.1 Å². The highest BCUT2D eigenvalue weighted by molar-refractivity contribution is 4.87. The zero-order chi connectivity index (χ0) is 10.0. The van der Waals surface area contributed by atoms with Crippen molar-refractivity contribution >= 4 is 0 Å². The number of nitrogens with zero attached hydrogens (tertiary/aromatic N) is 2. The summed E-state index contributed by atoms with van der Waals surface area (Å²) >= 11 is 0. The summed E-state index contributed by atoms with van der Waals surface area (Å²) in [6.07, 6.45) is 1.38. The highest BCUT2D eigenvalue weighted by Crippen LogP contribution is 2.21. The summed E-state index contributed by atoms with van der Waals surface area (Å²) in [4.78, 5) is 5.04. The number of rotatable bonds is 4. The van der Waals surface area contributed by atoms with Crippen LogP contribution in [-0.2, 0) is 0 Å². The van der Waals surface area contributed by atoms with Crippen LogP contribution in [0.2, 0.25) is 0 Å². The summed E-state index contributed by atoms with van der Waals surface area (Å²) in [7, 11) is 2.22. The lowest BCUT2D eigenvalue weighted by molar-refractivity contribution is 0.0292. The molecule has 0 N–H and O–H groups in total. The Morgan fingerprint density at radius 3 is 2.23 bits per heavy atom. The van der Waals surface area contributed by atoms with Gasteiger partial charge < -0.3 is 4.90 Å². The standard InChI is InChI=1S/C11H24N2/c1-9(2)12(5)8-11-6-7-13(11)10(3)4/h9-11H,6-8H2,1-5H3. The van der Waals surface area contributed by atoms with Crippen molar-refractivity contribution in [3.05, 3.63) is 0 Å². The summed E-state index contributed by atoms with van der Waals surface area (Å²) in [5.41, 5.74) is 0. The Bertz CT molecular complexity index is 154. The van der Waals surface area contributed by atoms with Gasteiger partial charge in [0.25, 0.3) is 0 Å². The van der Waals surface area contributed by atoms with Crippen LogP contribution in [0.1, 0.15) is 34.1 Å². The first-order valence-corrected chi connectivity index (χ1v) is 5.48. The maximum Gasteiger partial charge on any atom is 0.0238 e. The third-order valence-electron chi connectivity index (χ3n) is 3.23. The van der Waals surface area contributed by atoms with Gasteiger partial charge in [-0.2, -0.15) is 0 Å². The predicted octanol–water partition coefficient (Wildman–Crippen LogP) is 1.81. The number of hydrogen-bond donors (Lipinski definition) is 0. The van der Waals surface area contributed by atoms with Crippen molar-refractivity contribution in [3.63, 3.8) is 0 Å². The molecule has 78 valence electrons. The van der Waals surface area contributed by atoms with Crippen molar-refractivity contribution in [1.82, 2.24) is 9.80 Å². The maximum atomic E-state index is 2.60. The average molecular weight is 184 g/mol. The Hall–Kier alpha value is -0.0800. The van der Waals surface area contributed by atoms with E-state index in [0.717, 1.165) is 12.1 Å². The molecule has 1 fully saturated rings. The third-order valence-corrected chi connectivity index (χ3v) is 3.23. The molecule has 0 aromatic rings. The van der Waals surface area contributed by atoms with Gasteiger partial charge in [-0.25, -0.2) is 0 Å². The number of likely N-dealkylation sites (N-methyl/N-ethyl adjacent to an activating group) is 1. The van der Waals surface area contributed by atoms with E-state index in [9.17, 15) is 0 Å². The van der Waals surface area contributed by atoms with Gasteiger partial charge in [0.15, 0.2) is 0 Å². The molecule has 2 nitrogen and oxygen atoms in total. The lowest BCUT2D eigenvalue weighted by atomic mass is 10.00. The normalized spacial score (nSPS) is 24.5. The smallest absolute Gasteiger partial charge is 0.0238 e. The van der Waals surface area contributed by atoms with E-state index in [-0.39, 0.29) is 0 Å². The molecule has 0 aromatic heterocycles. The topological polar surface area (TPSA) is 6.48 Å². The van der Waals surface area contributed by atoms with Gasteiger partial charge in [0, 0.05) is 31.2 Å². The van der Waals surface area contributed by atoms with Gasteiger partial charge in [-0.05, 0) is 41.2 Å². The van der Waals surface area contributed by atoms with Crippen LogP contribution in [0, 0.1) is 0 Å². The van der Waals surface area contributed by atoms with Gasteiger partial charge in [0.1, 0.15) is 0 Å². The van der Waals surface area contributed by atoms with Gasteiger partial charge >= 0.3 is 0 Å². The quantitative estimate of drug-likeness (QED) is 0.657. The van der Waals surface area contributed by atoms with E-state index in [2.05, 4.69) is 44.5 Å². The maximum absolute atomic E-state index is 2.60. The molecule has 1 atom stereocenters. The molecule has 2 heteroatoms. The van der Waals surface area contributed by atoms with E-state index in [0.29, 0.717) is 6.04 Å². The fraction of sp³-hybridized carbons (Fsp3) is 1.00. The Labute approximate surface area is 82.9 Å². The predicted molar refractivity (Wildman–Crippen MR) is 58.0 cm³/mol. The van der Waals surface area contributed by atoms with Crippen molar-refractivity contribution in [1.29, 1.82) is 0 Å². The van der Waals surface area contributed by atoms with Crippen LogP contribution in [0.3, 0.4) is 0 Å². The lowest BCUT2D eigenvalue weighted by Gasteiger charge is -2.46. The molecule has 1 heterocycles. The summed E-state index contributed by atoms with van der Waals surface area (Å²) in [6, 6.07) is 2.21. The second-order valence-corrected chi connectivity index (χ2v) is 4.81. The second-order valence-electron chi connectivity index (χ2n) is 4.81. The molecular formula is C11H24N2. The van der Waals surface area contributed by atoms with Crippen molar-refractivity contribution in [3.8, 4) is 0 Å². The van der Waals surface area contributed by atoms with E-state index in [1.165, 1.54) is 19.5 Å². The first-order chi connectivity index (χ1) is 6.02. The Morgan fingerprint density at radius 2 is 1.92 bits per heavy atom. The molecule has 0 spiro atoms. The van der Waals surface area contributed by atoms with E-state index < -0.39 is 0 Å². The Morgan fingerprint density at radius 1 is 1.31 bits per heavy atom. The molecule has 1 aliphatic heterocycles. The SMILES string of the molecule is CC(C)N(C)CC1CCN1C(C)C. The molecule has 0 saturated carbocycles. The van der Waals surface area contributed by atoms with Crippen LogP contribution < -0.4 is 0 Å². The fourth-order valence-corrected chi connectivity index (χ4v) is 1.88. The molecular weight excluding hydrogens is 160 g/mol. The minimum absolute atomic E-state index is 0.676. The van der Waals surface area contributed by atoms with Crippen molar-refractivity contribution in [2.75, 3.05) is 20.1 Å². The molecule has 0 bridgehead atoms. The van der Waals surface area contributed by atoms with Crippen molar-refractivity contribution in [2.24, 2.45) is 0 Å². The number of likely N-dealkylation sites (tertiary alicyclic amines) is 1. The van der Waals surface area contributed by atoms with Crippen LogP contribution in [0.15, 0.2) is 0 Å². The highest BCUT2D eigenvalue weighted by Gasteiger charge is 2.30. The monoisotopic (exact) mass is 184 g/mol. The van der Waals surface area contributed by atoms with Crippen LogP contribution in [0.5, 0.6) is 0 Å². The largest absolute Gasteiger partial charge is 0.302 e. The molecule has 0 radical (unpaired) electrons. The molecule has 0 aromatic carbocycles. The summed E-state index contributed by atoms with van der Waals surface area (Å²) < 4.78 is 0. The zero-order valence-electron chi connectivity index (χ0n) is 9.75. The molecule has 13 heavy (non-hydrogen) atoms. The average Bonchev–Trinajstić information content (AvgIpc) is 1.95. The minimum atomic E-state index is 0.676. The number of hydrogen-bond acceptors (Lipinski definition) is 2. The first kappa shape index (κ1) is 11.0.